The third-order valence-corrected chi connectivity index (χ3v) is 4.19. The molecule has 9 heavy (non-hydrogen) atoms. The van der Waals surface area contributed by atoms with Crippen molar-refractivity contribution in [3.05, 3.63) is 0 Å². The van der Waals surface area contributed by atoms with Gasteiger partial charge in [-0.15, -0.1) is 0 Å². The number of carboxylic acids is 1. The van der Waals surface area contributed by atoms with Gasteiger partial charge in [-0.05, 0) is 0 Å². The van der Waals surface area contributed by atoms with E-state index in [0.29, 0.717) is 0 Å². The zero-order chi connectivity index (χ0) is 7.23. The summed E-state index contributed by atoms with van der Waals surface area (Å²) in [5, 5.41) is 8.23. The van der Waals surface area contributed by atoms with Crippen molar-refractivity contribution in [1.29, 1.82) is 0 Å². The molecule has 1 aliphatic rings. The molecule has 4 nitrogen and oxygen atoms in total. The van der Waals surface area contributed by atoms with Gasteiger partial charge in [0, 0.05) is 0 Å². The molecule has 1 saturated heterocycles. The lowest BCUT2D eigenvalue weighted by molar-refractivity contribution is -0.135. The quantitative estimate of drug-likeness (QED) is 0.520. The maximum atomic E-state index is 10.6. The second-order valence-electron chi connectivity index (χ2n) is 2.20. The van der Waals surface area contributed by atoms with Gasteiger partial charge >= 0.3 is 5.97 Å². The minimum Gasteiger partial charge on any atom is -0.481 e. The van der Waals surface area contributed by atoms with E-state index in [1.165, 1.54) is 6.92 Å². The number of hydrogen-bond donors (Lipinski definition) is 2. The van der Waals surface area contributed by atoms with E-state index in [9.17, 15) is 9.36 Å². The number of rotatable bonds is 1. The molecule has 0 bridgehead atoms. The summed E-state index contributed by atoms with van der Waals surface area (Å²) in [4.78, 5) is 18.8. The predicted octanol–water partition coefficient (Wildman–Crippen LogP) is 0.112. The van der Waals surface area contributed by atoms with E-state index in [4.69, 9.17) is 10.00 Å². The van der Waals surface area contributed by atoms with Gasteiger partial charge < -0.3 is 10.00 Å². The van der Waals surface area contributed by atoms with E-state index in [2.05, 4.69) is 0 Å². The van der Waals surface area contributed by atoms with E-state index in [-0.39, 0.29) is 0 Å². The minimum absolute atomic E-state index is 0.532. The van der Waals surface area contributed by atoms with E-state index in [1.807, 2.05) is 0 Å². The summed E-state index contributed by atoms with van der Waals surface area (Å²) >= 11 is 0. The Kier molecular flexibility index (Phi) is 1.19. The van der Waals surface area contributed by atoms with E-state index >= 15 is 0 Å². The normalized spacial score (nSPS) is 48.7. The molecule has 3 unspecified atom stereocenters. The molecule has 1 fully saturated rings. The first kappa shape index (κ1) is 6.78. The van der Waals surface area contributed by atoms with Crippen LogP contribution in [0.15, 0.2) is 0 Å². The smallest absolute Gasteiger partial charge is 0.317 e. The minimum atomic E-state index is -3.25. The zero-order valence-electron chi connectivity index (χ0n) is 4.81. The molecule has 0 amide bonds. The van der Waals surface area contributed by atoms with Crippen LogP contribution in [0.25, 0.3) is 0 Å². The Labute approximate surface area is 52.0 Å². The fraction of sp³-hybridized carbons (Fsp3) is 0.750. The first-order valence-corrected chi connectivity index (χ1v) is 4.32. The van der Waals surface area contributed by atoms with Crippen LogP contribution in [0.1, 0.15) is 6.92 Å². The van der Waals surface area contributed by atoms with E-state index in [0.717, 1.165) is 0 Å². The molecule has 0 aromatic rings. The van der Waals surface area contributed by atoms with Crippen molar-refractivity contribution in [2.75, 3.05) is 0 Å². The number of aliphatic carboxylic acids is 1. The number of carboxylic acid groups (broad SMARTS) is 1. The molecule has 1 rings (SSSR count). The maximum Gasteiger partial charge on any atom is 0.317 e. The van der Waals surface area contributed by atoms with Crippen LogP contribution < -0.4 is 0 Å². The zero-order valence-corrected chi connectivity index (χ0v) is 5.71. The first-order valence-electron chi connectivity index (χ1n) is 2.53. The molecular formula is C4H7O4P. The van der Waals surface area contributed by atoms with Gasteiger partial charge in [0.15, 0.2) is 0 Å². The molecule has 2 N–H and O–H groups in total. The lowest BCUT2D eigenvalue weighted by atomic mass is 10.4. The summed E-state index contributed by atoms with van der Waals surface area (Å²) in [6, 6.07) is 0. The lowest BCUT2D eigenvalue weighted by Crippen LogP contribution is -2.05. The van der Waals surface area contributed by atoms with Crippen LogP contribution in [0.3, 0.4) is 0 Å². The van der Waals surface area contributed by atoms with Crippen LogP contribution in [0.5, 0.6) is 0 Å². The molecule has 0 aliphatic carbocycles. The molecule has 0 aromatic heterocycles. The van der Waals surface area contributed by atoms with Gasteiger partial charge in [-0.1, -0.05) is 6.92 Å². The van der Waals surface area contributed by atoms with Gasteiger partial charge in [-0.25, -0.2) is 0 Å². The highest BCUT2D eigenvalue weighted by Gasteiger charge is 2.63. The molecule has 0 radical (unpaired) electrons. The summed E-state index contributed by atoms with van der Waals surface area (Å²) in [6.07, 6.45) is 0. The van der Waals surface area contributed by atoms with E-state index in [1.54, 1.807) is 0 Å². The van der Waals surface area contributed by atoms with Gasteiger partial charge in [0.25, 0.3) is 0 Å². The fourth-order valence-electron chi connectivity index (χ4n) is 0.817. The highest BCUT2D eigenvalue weighted by molar-refractivity contribution is 7.69. The van der Waals surface area contributed by atoms with Crippen LogP contribution in [-0.4, -0.2) is 27.3 Å². The highest BCUT2D eigenvalue weighted by atomic mass is 31.2. The molecule has 0 spiro atoms. The van der Waals surface area contributed by atoms with Crippen LogP contribution in [0, 0.1) is 0 Å². The lowest BCUT2D eigenvalue weighted by Gasteiger charge is -1.80. The fourth-order valence-corrected chi connectivity index (χ4v) is 2.51. The van der Waals surface area contributed by atoms with Crippen molar-refractivity contribution in [1.82, 2.24) is 0 Å². The molecule has 5 heteroatoms. The van der Waals surface area contributed by atoms with Gasteiger partial charge in [0.2, 0.25) is 7.37 Å². The molecule has 1 heterocycles. The van der Waals surface area contributed by atoms with Crippen molar-refractivity contribution in [3.63, 3.8) is 0 Å². The van der Waals surface area contributed by atoms with Crippen LogP contribution in [0.4, 0.5) is 0 Å². The second kappa shape index (κ2) is 1.58. The average Bonchev–Trinajstić information content (AvgIpc) is 2.07. The van der Waals surface area contributed by atoms with Crippen LogP contribution in [-0.2, 0) is 9.36 Å². The van der Waals surface area contributed by atoms with E-state index < -0.39 is 24.7 Å². The summed E-state index contributed by atoms with van der Waals surface area (Å²) in [6.45, 7) is 1.47. The highest BCUT2D eigenvalue weighted by Crippen LogP contribution is 2.70. The monoisotopic (exact) mass is 150 g/mol. The molecular weight excluding hydrogens is 143 g/mol. The van der Waals surface area contributed by atoms with Crippen molar-refractivity contribution in [2.45, 2.75) is 18.2 Å². The summed E-state index contributed by atoms with van der Waals surface area (Å²) in [5.74, 6) is -1.16. The molecule has 1 aliphatic heterocycles. The Balaban J connectivity index is 2.74. The Morgan fingerprint density at radius 1 is 1.67 bits per heavy atom. The van der Waals surface area contributed by atoms with Crippen molar-refractivity contribution in [2.24, 2.45) is 0 Å². The summed E-state index contributed by atoms with van der Waals surface area (Å²) < 4.78 is 10.6. The Morgan fingerprint density at radius 2 is 2.00 bits per heavy atom. The van der Waals surface area contributed by atoms with Gasteiger partial charge in [0.05, 0.1) is 5.66 Å². The van der Waals surface area contributed by atoms with Gasteiger partial charge in [-0.2, -0.15) is 0 Å². The number of hydrogen-bond acceptors (Lipinski definition) is 2. The largest absolute Gasteiger partial charge is 0.481 e. The van der Waals surface area contributed by atoms with Gasteiger partial charge in [-0.3, -0.25) is 9.36 Å². The van der Waals surface area contributed by atoms with Gasteiger partial charge in [0.1, 0.15) is 5.66 Å². The number of carbonyl (C=O) groups is 1. The standard InChI is InChI=1S/C4H7O4P/c1-2-3(4(5)6)9(2,7)8/h2-3H,1H3,(H,5,6)(H,7,8). The van der Waals surface area contributed by atoms with Crippen molar-refractivity contribution >= 4 is 13.3 Å². The molecule has 0 aromatic carbocycles. The van der Waals surface area contributed by atoms with Crippen molar-refractivity contribution < 1.29 is 19.4 Å². The molecule has 3 atom stereocenters. The third-order valence-electron chi connectivity index (χ3n) is 1.60. The predicted molar refractivity (Wildman–Crippen MR) is 30.7 cm³/mol. The Morgan fingerprint density at radius 3 is 2.00 bits per heavy atom. The second-order valence-corrected chi connectivity index (χ2v) is 4.91. The van der Waals surface area contributed by atoms with Crippen LogP contribution >= 0.6 is 7.37 Å². The summed E-state index contributed by atoms with van der Waals surface area (Å²) in [5.41, 5.74) is -1.52. The Hall–Kier alpha value is -0.340. The molecule has 52 valence electrons. The van der Waals surface area contributed by atoms with Crippen molar-refractivity contribution in [3.8, 4) is 0 Å². The SMILES string of the molecule is CC1C(C(=O)O)P1(=O)O. The average molecular weight is 150 g/mol. The maximum absolute atomic E-state index is 10.6. The summed E-state index contributed by atoms with van der Waals surface area (Å²) in [7, 11) is -3.25. The Bertz CT molecular complexity index is 199. The van der Waals surface area contributed by atoms with Crippen LogP contribution in [0.2, 0.25) is 0 Å². The topological polar surface area (TPSA) is 74.6 Å². The third kappa shape index (κ3) is 0.787. The molecule has 0 saturated carbocycles. The first-order chi connectivity index (χ1) is 3.98.